The molecule has 8 heteroatoms. The molecule has 1 amide bonds. The van der Waals surface area contributed by atoms with Gasteiger partial charge in [-0.2, -0.15) is 5.10 Å². The van der Waals surface area contributed by atoms with Crippen LogP contribution < -0.4 is 5.32 Å². The molecule has 1 aliphatic heterocycles. The molecular weight excluding hydrogens is 383 g/mol. The molecule has 2 aromatic rings. The van der Waals surface area contributed by atoms with Gasteiger partial charge in [-0.15, -0.1) is 12.4 Å². The third-order valence-electron chi connectivity index (χ3n) is 4.56. The summed E-state index contributed by atoms with van der Waals surface area (Å²) in [6.45, 7) is 1.99. The minimum absolute atomic E-state index is 0. The van der Waals surface area contributed by atoms with Gasteiger partial charge in [0.05, 0.1) is 10.0 Å². The van der Waals surface area contributed by atoms with E-state index in [2.05, 4.69) is 10.4 Å². The molecular formula is C17H21Cl3N4O. The van der Waals surface area contributed by atoms with Crippen LogP contribution in [0.3, 0.4) is 0 Å². The fourth-order valence-electron chi connectivity index (χ4n) is 3.26. The Morgan fingerprint density at radius 3 is 2.68 bits per heavy atom. The van der Waals surface area contributed by atoms with E-state index in [0.717, 1.165) is 18.7 Å². The molecule has 1 saturated heterocycles. The lowest BCUT2D eigenvalue weighted by molar-refractivity contribution is -0.142. The summed E-state index contributed by atoms with van der Waals surface area (Å²) in [5.41, 5.74) is 0.193. The number of aromatic nitrogens is 2. The zero-order chi connectivity index (χ0) is 17.2. The standard InChI is InChI=1S/C17H20Cl2N4O.ClH/c1-22(12-13-4-2-5-14(18)15(13)19)16(24)17(6-9-20-10-7-17)23-11-3-8-21-23;/h2-5,8,11,20H,6-7,9-10,12H2,1H3;1H. The first-order valence-corrected chi connectivity index (χ1v) is 8.69. The highest BCUT2D eigenvalue weighted by Crippen LogP contribution is 2.31. The van der Waals surface area contributed by atoms with Gasteiger partial charge in [0.25, 0.3) is 5.91 Å². The van der Waals surface area contributed by atoms with E-state index in [0.29, 0.717) is 29.4 Å². The predicted octanol–water partition coefficient (Wildman–Crippen LogP) is 3.35. The molecule has 1 aromatic carbocycles. The number of likely N-dealkylation sites (N-methyl/N-ethyl adjacent to an activating group) is 1. The van der Waals surface area contributed by atoms with Gasteiger partial charge in [0, 0.05) is 26.0 Å². The van der Waals surface area contributed by atoms with E-state index in [-0.39, 0.29) is 18.3 Å². The summed E-state index contributed by atoms with van der Waals surface area (Å²) in [4.78, 5) is 15.0. The van der Waals surface area contributed by atoms with Crippen LogP contribution in [0.15, 0.2) is 36.7 Å². The molecule has 1 aliphatic rings. The number of carbonyl (C=O) groups is 1. The van der Waals surface area contributed by atoms with Gasteiger partial charge in [-0.3, -0.25) is 9.48 Å². The number of carbonyl (C=O) groups excluding carboxylic acids is 1. The third-order valence-corrected chi connectivity index (χ3v) is 5.42. The van der Waals surface area contributed by atoms with E-state index in [1.807, 2.05) is 24.4 Å². The maximum atomic E-state index is 13.3. The highest BCUT2D eigenvalue weighted by molar-refractivity contribution is 6.42. The van der Waals surface area contributed by atoms with E-state index >= 15 is 0 Å². The Bertz CT molecular complexity index is 715. The highest BCUT2D eigenvalue weighted by Gasteiger charge is 2.43. The van der Waals surface area contributed by atoms with Crippen molar-refractivity contribution in [2.75, 3.05) is 20.1 Å². The Morgan fingerprint density at radius 1 is 1.32 bits per heavy atom. The van der Waals surface area contributed by atoms with Crippen molar-refractivity contribution >= 4 is 41.5 Å². The molecule has 0 unspecified atom stereocenters. The van der Waals surface area contributed by atoms with E-state index in [1.54, 1.807) is 28.9 Å². The van der Waals surface area contributed by atoms with Gasteiger partial charge in [0.2, 0.25) is 0 Å². The molecule has 0 spiro atoms. The number of hydrogen-bond donors (Lipinski definition) is 1. The van der Waals surface area contributed by atoms with Crippen LogP contribution in [0.25, 0.3) is 0 Å². The van der Waals surface area contributed by atoms with E-state index in [4.69, 9.17) is 23.2 Å². The maximum absolute atomic E-state index is 13.3. The van der Waals surface area contributed by atoms with Crippen LogP contribution in [0.4, 0.5) is 0 Å². The summed E-state index contributed by atoms with van der Waals surface area (Å²) in [6.07, 6.45) is 5.00. The van der Waals surface area contributed by atoms with Crippen molar-refractivity contribution in [1.29, 1.82) is 0 Å². The summed E-state index contributed by atoms with van der Waals surface area (Å²) < 4.78 is 1.80. The number of rotatable bonds is 4. The van der Waals surface area contributed by atoms with Crippen LogP contribution in [-0.4, -0.2) is 40.7 Å². The van der Waals surface area contributed by atoms with Crippen LogP contribution in [0.2, 0.25) is 10.0 Å². The summed E-state index contributed by atoms with van der Waals surface area (Å²) >= 11 is 12.3. The SMILES string of the molecule is CN(Cc1cccc(Cl)c1Cl)C(=O)C1(n2cccn2)CCNCC1.Cl. The lowest BCUT2D eigenvalue weighted by atomic mass is 9.86. The molecule has 0 saturated carbocycles. The maximum Gasteiger partial charge on any atom is 0.250 e. The molecule has 0 atom stereocenters. The molecule has 25 heavy (non-hydrogen) atoms. The Morgan fingerprint density at radius 2 is 2.04 bits per heavy atom. The second-order valence-electron chi connectivity index (χ2n) is 6.11. The number of nitrogens with zero attached hydrogens (tertiary/aromatic N) is 3. The average molecular weight is 404 g/mol. The monoisotopic (exact) mass is 402 g/mol. The number of benzene rings is 1. The second kappa shape index (κ2) is 8.41. The zero-order valence-electron chi connectivity index (χ0n) is 13.9. The van der Waals surface area contributed by atoms with Crippen molar-refractivity contribution in [1.82, 2.24) is 20.0 Å². The Kier molecular flexibility index (Phi) is 6.74. The summed E-state index contributed by atoms with van der Waals surface area (Å²) in [7, 11) is 1.80. The molecule has 1 aromatic heterocycles. The van der Waals surface area contributed by atoms with Crippen LogP contribution in [0, 0.1) is 0 Å². The number of amides is 1. The number of nitrogens with one attached hydrogen (secondary N) is 1. The normalized spacial score (nSPS) is 16.1. The molecule has 0 bridgehead atoms. The Hall–Kier alpha value is -1.27. The molecule has 0 radical (unpaired) electrons. The quantitative estimate of drug-likeness (QED) is 0.852. The lowest BCUT2D eigenvalue weighted by Gasteiger charge is -2.39. The lowest BCUT2D eigenvalue weighted by Crippen LogP contribution is -2.54. The number of hydrogen-bond acceptors (Lipinski definition) is 3. The summed E-state index contributed by atoms with van der Waals surface area (Å²) in [5, 5.41) is 8.66. The van der Waals surface area contributed by atoms with Crippen LogP contribution in [0.1, 0.15) is 18.4 Å². The fourth-order valence-corrected chi connectivity index (χ4v) is 3.64. The van der Waals surface area contributed by atoms with Gasteiger partial charge in [0.15, 0.2) is 0 Å². The molecule has 5 nitrogen and oxygen atoms in total. The topological polar surface area (TPSA) is 50.2 Å². The largest absolute Gasteiger partial charge is 0.339 e. The first-order chi connectivity index (χ1) is 11.5. The van der Waals surface area contributed by atoms with Gasteiger partial charge in [-0.1, -0.05) is 35.3 Å². The third kappa shape index (κ3) is 3.95. The molecule has 3 rings (SSSR count). The van der Waals surface area contributed by atoms with Crippen molar-refractivity contribution in [2.24, 2.45) is 0 Å². The van der Waals surface area contributed by atoms with Crippen LogP contribution in [0.5, 0.6) is 0 Å². The van der Waals surface area contributed by atoms with Gasteiger partial charge in [-0.25, -0.2) is 0 Å². The van der Waals surface area contributed by atoms with Crippen LogP contribution in [-0.2, 0) is 16.9 Å². The van der Waals surface area contributed by atoms with E-state index < -0.39 is 5.54 Å². The van der Waals surface area contributed by atoms with Crippen molar-refractivity contribution in [3.8, 4) is 0 Å². The van der Waals surface area contributed by atoms with Crippen molar-refractivity contribution in [3.63, 3.8) is 0 Å². The number of piperidine rings is 1. The molecule has 1 N–H and O–H groups in total. The minimum atomic E-state index is -0.644. The number of halogens is 3. The second-order valence-corrected chi connectivity index (χ2v) is 6.89. The van der Waals surface area contributed by atoms with Gasteiger partial charge >= 0.3 is 0 Å². The first kappa shape index (κ1) is 20.0. The first-order valence-electron chi connectivity index (χ1n) is 7.94. The average Bonchev–Trinajstić information content (AvgIpc) is 3.14. The van der Waals surface area contributed by atoms with Gasteiger partial charge in [-0.05, 0) is 43.6 Å². The molecule has 136 valence electrons. The predicted molar refractivity (Wildman–Crippen MR) is 102 cm³/mol. The van der Waals surface area contributed by atoms with Crippen molar-refractivity contribution < 1.29 is 4.79 Å². The van der Waals surface area contributed by atoms with E-state index in [1.165, 1.54) is 0 Å². The Balaban J connectivity index is 0.00000225. The summed E-state index contributed by atoms with van der Waals surface area (Å²) in [6, 6.07) is 7.33. The van der Waals surface area contributed by atoms with E-state index in [9.17, 15) is 4.79 Å². The van der Waals surface area contributed by atoms with Crippen molar-refractivity contribution in [2.45, 2.75) is 24.9 Å². The Labute approximate surface area is 163 Å². The van der Waals surface area contributed by atoms with Gasteiger partial charge in [0.1, 0.15) is 5.54 Å². The zero-order valence-corrected chi connectivity index (χ0v) is 16.2. The smallest absolute Gasteiger partial charge is 0.250 e. The van der Waals surface area contributed by atoms with Crippen molar-refractivity contribution in [3.05, 3.63) is 52.3 Å². The molecule has 0 aliphatic carbocycles. The van der Waals surface area contributed by atoms with Gasteiger partial charge < -0.3 is 10.2 Å². The summed E-state index contributed by atoms with van der Waals surface area (Å²) in [5.74, 6) is 0.0451. The van der Waals surface area contributed by atoms with Crippen LogP contribution >= 0.6 is 35.6 Å². The molecule has 2 heterocycles. The fraction of sp³-hybridized carbons (Fsp3) is 0.412. The minimum Gasteiger partial charge on any atom is -0.339 e. The molecule has 1 fully saturated rings. The highest BCUT2D eigenvalue weighted by atomic mass is 35.5.